The molecule has 0 amide bonds. The van der Waals surface area contributed by atoms with Crippen LogP contribution in [0.15, 0.2) is 53.4 Å². The lowest BCUT2D eigenvalue weighted by Gasteiger charge is -2.21. The van der Waals surface area contributed by atoms with E-state index in [2.05, 4.69) is 13.8 Å². The first kappa shape index (κ1) is 16.7. The van der Waals surface area contributed by atoms with Gasteiger partial charge in [0, 0.05) is 18.0 Å². The number of sulfonamides is 1. The Bertz CT molecular complexity index is 887. The molecular formula is C19H21NO3S. The van der Waals surface area contributed by atoms with E-state index in [9.17, 15) is 13.2 Å². The number of hydrogen-bond acceptors (Lipinski definition) is 3. The van der Waals surface area contributed by atoms with E-state index in [0.29, 0.717) is 18.0 Å². The summed E-state index contributed by atoms with van der Waals surface area (Å²) in [5.74, 6) is 0.371. The molecule has 0 fully saturated rings. The first-order valence-corrected chi connectivity index (χ1v) is 9.49. The fourth-order valence-corrected chi connectivity index (χ4v) is 4.77. The third-order valence-electron chi connectivity index (χ3n) is 4.60. The Morgan fingerprint density at radius 3 is 2.50 bits per heavy atom. The maximum absolute atomic E-state index is 13.2. The van der Waals surface area contributed by atoms with E-state index < -0.39 is 10.0 Å². The maximum Gasteiger partial charge on any atom is 0.264 e. The van der Waals surface area contributed by atoms with E-state index in [0.717, 1.165) is 11.3 Å². The predicted molar refractivity (Wildman–Crippen MR) is 95.0 cm³/mol. The van der Waals surface area contributed by atoms with Crippen LogP contribution in [0.2, 0.25) is 0 Å². The van der Waals surface area contributed by atoms with Crippen molar-refractivity contribution in [3.05, 3.63) is 59.7 Å². The van der Waals surface area contributed by atoms with Crippen LogP contribution >= 0.6 is 0 Å². The molecule has 0 spiro atoms. The van der Waals surface area contributed by atoms with Gasteiger partial charge in [-0.2, -0.15) is 0 Å². The number of ketones is 1. The van der Waals surface area contributed by atoms with Crippen molar-refractivity contribution in [1.29, 1.82) is 0 Å². The summed E-state index contributed by atoms with van der Waals surface area (Å²) in [7, 11) is -3.69. The van der Waals surface area contributed by atoms with Gasteiger partial charge in [0.15, 0.2) is 5.78 Å². The van der Waals surface area contributed by atoms with Crippen LogP contribution in [-0.2, 0) is 10.0 Å². The molecule has 0 radical (unpaired) electrons. The van der Waals surface area contributed by atoms with Gasteiger partial charge in [-0.05, 0) is 36.6 Å². The standard InChI is InChI=1S/C19H21NO3S/c1-13(2)18-12-20(19-10-5-4-9-17(18)19)24(22,23)16-8-6-7-15(11-16)14(3)21/h4-11,13,18H,12H2,1-3H3. The number of nitrogens with zero attached hydrogens (tertiary/aromatic N) is 1. The summed E-state index contributed by atoms with van der Waals surface area (Å²) in [4.78, 5) is 11.7. The summed E-state index contributed by atoms with van der Waals surface area (Å²) in [6.45, 7) is 6.08. The smallest absolute Gasteiger partial charge is 0.264 e. The molecule has 0 saturated carbocycles. The molecule has 2 aromatic carbocycles. The van der Waals surface area contributed by atoms with Crippen LogP contribution in [0, 0.1) is 5.92 Å². The van der Waals surface area contributed by atoms with E-state index in [1.54, 1.807) is 18.2 Å². The second kappa shape index (κ2) is 6.06. The second-order valence-corrected chi connectivity index (χ2v) is 8.39. The highest BCUT2D eigenvalue weighted by Crippen LogP contribution is 2.42. The minimum Gasteiger partial charge on any atom is -0.295 e. The van der Waals surface area contributed by atoms with E-state index in [1.165, 1.54) is 17.3 Å². The fourth-order valence-electron chi connectivity index (χ4n) is 3.20. The summed E-state index contributed by atoms with van der Waals surface area (Å²) in [5, 5.41) is 0. The van der Waals surface area contributed by atoms with E-state index in [4.69, 9.17) is 0 Å². The average molecular weight is 343 g/mol. The van der Waals surface area contributed by atoms with E-state index in [-0.39, 0.29) is 16.6 Å². The molecule has 5 heteroatoms. The molecule has 0 aliphatic carbocycles. The van der Waals surface area contributed by atoms with Gasteiger partial charge in [-0.25, -0.2) is 8.42 Å². The molecule has 1 aliphatic rings. The number of carbonyl (C=O) groups excluding carboxylic acids is 1. The van der Waals surface area contributed by atoms with Gasteiger partial charge in [-0.3, -0.25) is 9.10 Å². The normalized spacial score (nSPS) is 17.2. The highest BCUT2D eigenvalue weighted by Gasteiger charge is 2.37. The van der Waals surface area contributed by atoms with Gasteiger partial charge in [0.25, 0.3) is 10.0 Å². The second-order valence-electron chi connectivity index (χ2n) is 6.53. The Hall–Kier alpha value is -2.14. The molecule has 3 rings (SSSR count). The molecule has 126 valence electrons. The Morgan fingerprint density at radius 1 is 1.12 bits per heavy atom. The Labute approximate surface area is 143 Å². The first-order chi connectivity index (χ1) is 11.3. The molecular weight excluding hydrogens is 322 g/mol. The molecule has 0 bridgehead atoms. The van der Waals surface area contributed by atoms with Crippen molar-refractivity contribution in [3.8, 4) is 0 Å². The maximum atomic E-state index is 13.2. The zero-order valence-corrected chi connectivity index (χ0v) is 14.9. The lowest BCUT2D eigenvalue weighted by Crippen LogP contribution is -2.30. The van der Waals surface area contributed by atoms with Crippen molar-refractivity contribution >= 4 is 21.5 Å². The van der Waals surface area contributed by atoms with Crippen LogP contribution < -0.4 is 4.31 Å². The van der Waals surface area contributed by atoms with Crippen LogP contribution in [0.4, 0.5) is 5.69 Å². The summed E-state index contributed by atoms with van der Waals surface area (Å²) >= 11 is 0. The van der Waals surface area contributed by atoms with Crippen molar-refractivity contribution in [1.82, 2.24) is 0 Å². The van der Waals surface area contributed by atoms with Crippen LogP contribution in [0.25, 0.3) is 0 Å². The fraction of sp³-hybridized carbons (Fsp3) is 0.316. The Kier molecular flexibility index (Phi) is 4.22. The number of hydrogen-bond donors (Lipinski definition) is 0. The number of rotatable bonds is 4. The molecule has 1 atom stereocenters. The zero-order chi connectivity index (χ0) is 17.5. The molecule has 0 aromatic heterocycles. The lowest BCUT2D eigenvalue weighted by atomic mass is 9.90. The van der Waals surface area contributed by atoms with Crippen LogP contribution in [0.3, 0.4) is 0 Å². The third kappa shape index (κ3) is 2.73. The summed E-state index contributed by atoms with van der Waals surface area (Å²) in [6.07, 6.45) is 0. The van der Waals surface area contributed by atoms with Crippen LogP contribution in [-0.4, -0.2) is 20.7 Å². The number of anilines is 1. The quantitative estimate of drug-likeness (QED) is 0.793. The van der Waals surface area contributed by atoms with Crippen LogP contribution in [0.5, 0.6) is 0 Å². The van der Waals surface area contributed by atoms with Crippen molar-refractivity contribution in [2.45, 2.75) is 31.6 Å². The first-order valence-electron chi connectivity index (χ1n) is 8.05. The molecule has 24 heavy (non-hydrogen) atoms. The minimum atomic E-state index is -3.69. The van der Waals surface area contributed by atoms with Crippen molar-refractivity contribution in [2.75, 3.05) is 10.8 Å². The Balaban J connectivity index is 2.08. The van der Waals surface area contributed by atoms with Gasteiger partial charge < -0.3 is 0 Å². The predicted octanol–water partition coefficient (Wildman–Crippen LogP) is 3.84. The van der Waals surface area contributed by atoms with Gasteiger partial charge in [-0.1, -0.05) is 44.2 Å². The largest absolute Gasteiger partial charge is 0.295 e. The lowest BCUT2D eigenvalue weighted by molar-refractivity contribution is 0.101. The van der Waals surface area contributed by atoms with Crippen molar-refractivity contribution < 1.29 is 13.2 Å². The van der Waals surface area contributed by atoms with Gasteiger partial charge in [-0.15, -0.1) is 0 Å². The van der Waals surface area contributed by atoms with Gasteiger partial charge >= 0.3 is 0 Å². The molecule has 1 aliphatic heterocycles. The monoisotopic (exact) mass is 343 g/mol. The number of fused-ring (bicyclic) bond motifs is 1. The van der Waals surface area contributed by atoms with E-state index >= 15 is 0 Å². The number of benzene rings is 2. The number of Topliss-reactive ketones (excluding diaryl/α,β-unsaturated/α-hetero) is 1. The van der Waals surface area contributed by atoms with E-state index in [1.807, 2.05) is 24.3 Å². The summed E-state index contributed by atoms with van der Waals surface area (Å²) in [5.41, 5.74) is 2.21. The third-order valence-corrected chi connectivity index (χ3v) is 6.38. The van der Waals surface area contributed by atoms with Crippen molar-refractivity contribution in [3.63, 3.8) is 0 Å². The molecule has 4 nitrogen and oxygen atoms in total. The number of para-hydroxylation sites is 1. The Morgan fingerprint density at radius 2 is 1.83 bits per heavy atom. The van der Waals surface area contributed by atoms with Crippen LogP contribution in [0.1, 0.15) is 42.6 Å². The minimum absolute atomic E-state index is 0.145. The topological polar surface area (TPSA) is 54.5 Å². The number of carbonyl (C=O) groups is 1. The van der Waals surface area contributed by atoms with Gasteiger partial charge in [0.2, 0.25) is 0 Å². The molecule has 2 aromatic rings. The molecule has 1 unspecified atom stereocenters. The SMILES string of the molecule is CC(=O)c1cccc(S(=O)(=O)N2CC(C(C)C)c3ccccc32)c1. The highest BCUT2D eigenvalue weighted by atomic mass is 32.2. The van der Waals surface area contributed by atoms with Gasteiger partial charge in [0.05, 0.1) is 10.6 Å². The van der Waals surface area contributed by atoms with Crippen molar-refractivity contribution in [2.24, 2.45) is 5.92 Å². The molecule has 0 saturated heterocycles. The molecule has 0 N–H and O–H groups in total. The molecule has 1 heterocycles. The van der Waals surface area contributed by atoms with Gasteiger partial charge in [0.1, 0.15) is 0 Å². The highest BCUT2D eigenvalue weighted by molar-refractivity contribution is 7.92. The average Bonchev–Trinajstić information content (AvgIpc) is 2.95. The zero-order valence-electron chi connectivity index (χ0n) is 14.1. The summed E-state index contributed by atoms with van der Waals surface area (Å²) < 4.78 is 27.8. The summed E-state index contributed by atoms with van der Waals surface area (Å²) in [6, 6.07) is 13.9.